The molecule has 3 heteroatoms. The van der Waals surface area contributed by atoms with Gasteiger partial charge in [0.1, 0.15) is 11.5 Å². The molecular formula is C17H25ClO2. The molecule has 0 radical (unpaired) electrons. The summed E-state index contributed by atoms with van der Waals surface area (Å²) in [6.45, 7) is 12.5. The van der Waals surface area contributed by atoms with Crippen LogP contribution in [0.4, 0.5) is 0 Å². The SMILES string of the molecule is CCOc1cc(C)c(Cl)c(C)c1C(C(=O)CC)C(C)C. The molecule has 20 heavy (non-hydrogen) atoms. The topological polar surface area (TPSA) is 26.3 Å². The Morgan fingerprint density at radius 1 is 1.30 bits per heavy atom. The molecule has 0 aliphatic heterocycles. The molecule has 1 atom stereocenters. The molecule has 0 aliphatic rings. The Labute approximate surface area is 127 Å². The summed E-state index contributed by atoms with van der Waals surface area (Å²) in [6.07, 6.45) is 0.527. The second-order valence-corrected chi connectivity index (χ2v) is 5.90. The Morgan fingerprint density at radius 2 is 1.90 bits per heavy atom. The average Bonchev–Trinajstić information content (AvgIpc) is 2.39. The van der Waals surface area contributed by atoms with Crippen molar-refractivity contribution in [2.24, 2.45) is 5.92 Å². The predicted octanol–water partition coefficient (Wildman–Crippen LogP) is 5.07. The number of halogens is 1. The Kier molecular flexibility index (Phi) is 6.07. The third-order valence-electron chi connectivity index (χ3n) is 3.67. The first-order chi connectivity index (χ1) is 9.34. The molecule has 0 saturated heterocycles. The van der Waals surface area contributed by atoms with Gasteiger partial charge in [-0.3, -0.25) is 4.79 Å². The van der Waals surface area contributed by atoms with Gasteiger partial charge in [-0.2, -0.15) is 0 Å². The van der Waals surface area contributed by atoms with Gasteiger partial charge < -0.3 is 4.74 Å². The van der Waals surface area contributed by atoms with Crippen LogP contribution >= 0.6 is 11.6 Å². The fourth-order valence-corrected chi connectivity index (χ4v) is 2.84. The number of hydrogen-bond acceptors (Lipinski definition) is 2. The molecule has 0 amide bonds. The van der Waals surface area contributed by atoms with Gasteiger partial charge in [0.2, 0.25) is 0 Å². The normalized spacial score (nSPS) is 12.6. The molecule has 1 unspecified atom stereocenters. The highest BCUT2D eigenvalue weighted by Crippen LogP contribution is 2.40. The minimum absolute atomic E-state index is 0.153. The molecule has 0 N–H and O–H groups in total. The second-order valence-electron chi connectivity index (χ2n) is 5.52. The molecule has 0 spiro atoms. The number of hydrogen-bond donors (Lipinski definition) is 0. The van der Waals surface area contributed by atoms with Crippen molar-refractivity contribution in [2.75, 3.05) is 6.61 Å². The lowest BCUT2D eigenvalue weighted by Gasteiger charge is -2.25. The number of ketones is 1. The Hall–Kier alpha value is -1.02. The maximum atomic E-state index is 12.4. The zero-order chi connectivity index (χ0) is 15.4. The van der Waals surface area contributed by atoms with Crippen LogP contribution in [0.2, 0.25) is 5.02 Å². The van der Waals surface area contributed by atoms with Gasteiger partial charge in [-0.1, -0.05) is 32.4 Å². The molecule has 0 aromatic heterocycles. The van der Waals surface area contributed by atoms with Crippen molar-refractivity contribution >= 4 is 17.4 Å². The Balaban J connectivity index is 3.53. The lowest BCUT2D eigenvalue weighted by atomic mass is 9.81. The van der Waals surface area contributed by atoms with E-state index in [0.29, 0.717) is 13.0 Å². The minimum Gasteiger partial charge on any atom is -0.494 e. The van der Waals surface area contributed by atoms with Crippen LogP contribution in [0.5, 0.6) is 5.75 Å². The monoisotopic (exact) mass is 296 g/mol. The third-order valence-corrected chi connectivity index (χ3v) is 4.25. The van der Waals surface area contributed by atoms with E-state index in [1.165, 1.54) is 0 Å². The van der Waals surface area contributed by atoms with Crippen LogP contribution in [-0.4, -0.2) is 12.4 Å². The van der Waals surface area contributed by atoms with Crippen molar-refractivity contribution in [1.82, 2.24) is 0 Å². The van der Waals surface area contributed by atoms with Crippen LogP contribution in [0.15, 0.2) is 6.07 Å². The van der Waals surface area contributed by atoms with Crippen LogP contribution in [0, 0.1) is 19.8 Å². The molecule has 0 saturated carbocycles. The molecule has 2 nitrogen and oxygen atoms in total. The van der Waals surface area contributed by atoms with E-state index >= 15 is 0 Å². The quantitative estimate of drug-likeness (QED) is 0.732. The van der Waals surface area contributed by atoms with Gasteiger partial charge in [-0.15, -0.1) is 0 Å². The standard InChI is InChI=1S/C17H25ClO2/c1-7-13(19)15(10(3)4)16-12(6)17(18)11(5)9-14(16)20-8-2/h9-10,15H,7-8H2,1-6H3. The van der Waals surface area contributed by atoms with E-state index in [9.17, 15) is 4.79 Å². The van der Waals surface area contributed by atoms with E-state index in [-0.39, 0.29) is 17.6 Å². The first kappa shape index (κ1) is 17.0. The number of carbonyl (C=O) groups excluding carboxylic acids is 1. The second kappa shape index (κ2) is 7.12. The zero-order valence-electron chi connectivity index (χ0n) is 13.3. The summed E-state index contributed by atoms with van der Waals surface area (Å²) in [7, 11) is 0. The summed E-state index contributed by atoms with van der Waals surface area (Å²) in [4.78, 5) is 12.4. The van der Waals surface area contributed by atoms with E-state index in [1.807, 2.05) is 33.8 Å². The number of ether oxygens (including phenoxy) is 1. The zero-order valence-corrected chi connectivity index (χ0v) is 14.1. The van der Waals surface area contributed by atoms with Gasteiger partial charge in [0.05, 0.1) is 6.61 Å². The van der Waals surface area contributed by atoms with Crippen LogP contribution in [-0.2, 0) is 4.79 Å². The number of Topliss-reactive ketones (excluding diaryl/α,β-unsaturated/α-hetero) is 1. The Bertz CT molecular complexity index is 492. The number of benzene rings is 1. The number of carbonyl (C=O) groups is 1. The lowest BCUT2D eigenvalue weighted by molar-refractivity contribution is -0.121. The minimum atomic E-state index is -0.153. The molecule has 1 aromatic rings. The van der Waals surface area contributed by atoms with Crippen LogP contribution in [0.25, 0.3) is 0 Å². The largest absolute Gasteiger partial charge is 0.494 e. The number of rotatable bonds is 6. The van der Waals surface area contributed by atoms with Gasteiger partial charge in [0, 0.05) is 22.9 Å². The van der Waals surface area contributed by atoms with E-state index < -0.39 is 0 Å². The maximum Gasteiger partial charge on any atom is 0.140 e. The van der Waals surface area contributed by atoms with E-state index in [1.54, 1.807) is 0 Å². The highest BCUT2D eigenvalue weighted by atomic mass is 35.5. The molecule has 112 valence electrons. The summed E-state index contributed by atoms with van der Waals surface area (Å²) >= 11 is 6.38. The van der Waals surface area contributed by atoms with Crippen molar-refractivity contribution in [3.05, 3.63) is 27.8 Å². The first-order valence-electron chi connectivity index (χ1n) is 7.30. The van der Waals surface area contributed by atoms with Gasteiger partial charge in [-0.05, 0) is 43.9 Å². The predicted molar refractivity (Wildman–Crippen MR) is 85.0 cm³/mol. The summed E-state index contributed by atoms with van der Waals surface area (Å²) < 4.78 is 5.77. The van der Waals surface area contributed by atoms with Gasteiger partial charge in [0.25, 0.3) is 0 Å². The summed E-state index contributed by atoms with van der Waals surface area (Å²) in [5, 5.41) is 0.734. The molecule has 1 aromatic carbocycles. The van der Waals surface area contributed by atoms with Crippen molar-refractivity contribution in [3.8, 4) is 5.75 Å². The van der Waals surface area contributed by atoms with Crippen LogP contribution in [0.1, 0.15) is 56.7 Å². The van der Waals surface area contributed by atoms with Crippen LogP contribution in [0.3, 0.4) is 0 Å². The highest BCUT2D eigenvalue weighted by molar-refractivity contribution is 6.32. The summed E-state index contributed by atoms with van der Waals surface area (Å²) in [5.74, 6) is 1.11. The van der Waals surface area contributed by atoms with E-state index in [0.717, 1.165) is 27.5 Å². The molecular weight excluding hydrogens is 272 g/mol. The van der Waals surface area contributed by atoms with Crippen molar-refractivity contribution in [1.29, 1.82) is 0 Å². The summed E-state index contributed by atoms with van der Waals surface area (Å²) in [6, 6.07) is 1.95. The molecule has 0 bridgehead atoms. The lowest BCUT2D eigenvalue weighted by Crippen LogP contribution is -2.20. The molecule has 0 fully saturated rings. The Morgan fingerprint density at radius 3 is 2.35 bits per heavy atom. The average molecular weight is 297 g/mol. The summed E-state index contributed by atoms with van der Waals surface area (Å²) in [5.41, 5.74) is 2.92. The smallest absolute Gasteiger partial charge is 0.140 e. The van der Waals surface area contributed by atoms with E-state index in [4.69, 9.17) is 16.3 Å². The fourth-order valence-electron chi connectivity index (χ4n) is 2.68. The fraction of sp³-hybridized carbons (Fsp3) is 0.588. The van der Waals surface area contributed by atoms with Crippen LogP contribution < -0.4 is 4.74 Å². The van der Waals surface area contributed by atoms with Gasteiger partial charge in [0.15, 0.2) is 0 Å². The number of aryl methyl sites for hydroxylation is 1. The van der Waals surface area contributed by atoms with Gasteiger partial charge in [-0.25, -0.2) is 0 Å². The maximum absolute atomic E-state index is 12.4. The van der Waals surface area contributed by atoms with Crippen molar-refractivity contribution < 1.29 is 9.53 Å². The molecule has 0 heterocycles. The molecule has 1 rings (SSSR count). The first-order valence-corrected chi connectivity index (χ1v) is 7.67. The highest BCUT2D eigenvalue weighted by Gasteiger charge is 2.29. The molecule has 0 aliphatic carbocycles. The van der Waals surface area contributed by atoms with Crippen molar-refractivity contribution in [2.45, 2.75) is 53.9 Å². The van der Waals surface area contributed by atoms with E-state index in [2.05, 4.69) is 13.8 Å². The third kappa shape index (κ3) is 3.35. The van der Waals surface area contributed by atoms with Gasteiger partial charge >= 0.3 is 0 Å². The van der Waals surface area contributed by atoms with Crippen molar-refractivity contribution in [3.63, 3.8) is 0 Å².